The Hall–Kier alpha value is -0.920. The van der Waals surface area contributed by atoms with Gasteiger partial charge in [0.05, 0.1) is 0 Å². The average molecular weight is 302 g/mol. The smallest absolute Gasteiger partial charge is 0.260 e. The molecular weight excluding hydrogens is 276 g/mol. The number of hydrogen-bond acceptors (Lipinski definition) is 4. The summed E-state index contributed by atoms with van der Waals surface area (Å²) in [6.45, 7) is 11.7. The van der Waals surface area contributed by atoms with Crippen LogP contribution in [0.3, 0.4) is 0 Å². The number of aromatic nitrogens is 2. The lowest BCUT2D eigenvalue weighted by atomic mass is 9.93. The Labute approximate surface area is 121 Å². The fourth-order valence-corrected chi connectivity index (χ4v) is 2.96. The van der Waals surface area contributed by atoms with E-state index in [9.17, 15) is 8.42 Å². The number of H-pyrrole nitrogens is 1. The van der Waals surface area contributed by atoms with E-state index in [1.807, 2.05) is 13.8 Å². The van der Waals surface area contributed by atoms with E-state index in [0.717, 1.165) is 18.7 Å². The van der Waals surface area contributed by atoms with Crippen LogP contribution in [-0.4, -0.2) is 31.7 Å². The molecule has 1 rings (SSSR count). The first-order valence-electron chi connectivity index (χ1n) is 6.91. The molecule has 0 aliphatic heterocycles. The molecule has 0 saturated carbocycles. The van der Waals surface area contributed by atoms with Crippen LogP contribution in [0.25, 0.3) is 0 Å². The molecule has 0 unspecified atom stereocenters. The van der Waals surface area contributed by atoms with Gasteiger partial charge in [-0.15, -0.1) is 0 Å². The molecule has 1 aromatic heterocycles. The third kappa shape index (κ3) is 4.88. The molecule has 0 aromatic carbocycles. The fraction of sp³-hybridized carbons (Fsp3) is 0.769. The van der Waals surface area contributed by atoms with Gasteiger partial charge in [0.1, 0.15) is 0 Å². The minimum atomic E-state index is -3.56. The maximum Gasteiger partial charge on any atom is 0.260 e. The molecule has 116 valence electrons. The minimum Gasteiger partial charge on any atom is -0.313 e. The zero-order valence-electron chi connectivity index (χ0n) is 13.0. The van der Waals surface area contributed by atoms with E-state index >= 15 is 0 Å². The van der Waals surface area contributed by atoms with E-state index in [4.69, 9.17) is 0 Å². The minimum absolute atomic E-state index is 0.0939. The summed E-state index contributed by atoms with van der Waals surface area (Å²) in [5.41, 5.74) is 1.58. The quantitative estimate of drug-likeness (QED) is 0.713. The van der Waals surface area contributed by atoms with Crippen molar-refractivity contribution in [3.05, 3.63) is 11.3 Å². The highest BCUT2D eigenvalue weighted by Gasteiger charge is 2.23. The molecule has 0 bridgehead atoms. The molecule has 6 nitrogen and oxygen atoms in total. The van der Waals surface area contributed by atoms with Crippen molar-refractivity contribution < 1.29 is 8.42 Å². The number of sulfonamides is 1. The summed E-state index contributed by atoms with van der Waals surface area (Å²) in [6, 6.07) is 0. The van der Waals surface area contributed by atoms with Crippen LogP contribution in [0.1, 0.15) is 45.4 Å². The normalized spacial score (nSPS) is 12.8. The van der Waals surface area contributed by atoms with E-state index in [0.29, 0.717) is 18.7 Å². The van der Waals surface area contributed by atoms with Gasteiger partial charge in [-0.05, 0) is 25.3 Å². The Morgan fingerprint density at radius 3 is 2.50 bits per heavy atom. The third-order valence-corrected chi connectivity index (χ3v) is 4.44. The molecule has 20 heavy (non-hydrogen) atoms. The van der Waals surface area contributed by atoms with Gasteiger partial charge in [0, 0.05) is 24.3 Å². The number of hydrogen-bond donors (Lipinski definition) is 3. The SMILES string of the molecule is CCNCc1c(S(=O)(=O)NCCC(C)(C)C)n[nH]c1C. The van der Waals surface area contributed by atoms with Crippen LogP contribution in [0, 0.1) is 12.3 Å². The van der Waals surface area contributed by atoms with Crippen LogP contribution in [0.15, 0.2) is 5.03 Å². The Balaban J connectivity index is 2.82. The molecule has 0 amide bonds. The largest absolute Gasteiger partial charge is 0.313 e. The van der Waals surface area contributed by atoms with Crippen molar-refractivity contribution in [3.63, 3.8) is 0 Å². The zero-order valence-corrected chi connectivity index (χ0v) is 13.8. The molecular formula is C13H26N4O2S. The summed E-state index contributed by atoms with van der Waals surface area (Å²) in [7, 11) is -3.56. The highest BCUT2D eigenvalue weighted by Crippen LogP contribution is 2.19. The predicted molar refractivity (Wildman–Crippen MR) is 80.0 cm³/mol. The van der Waals surface area contributed by atoms with Gasteiger partial charge >= 0.3 is 0 Å². The van der Waals surface area contributed by atoms with Gasteiger partial charge < -0.3 is 5.32 Å². The van der Waals surface area contributed by atoms with Crippen molar-refractivity contribution in [2.75, 3.05) is 13.1 Å². The summed E-state index contributed by atoms with van der Waals surface area (Å²) in [5.74, 6) is 0. The Morgan fingerprint density at radius 2 is 1.95 bits per heavy atom. The van der Waals surface area contributed by atoms with Crippen LogP contribution in [0.2, 0.25) is 0 Å². The monoisotopic (exact) mass is 302 g/mol. The van der Waals surface area contributed by atoms with E-state index in [1.54, 1.807) is 0 Å². The maximum absolute atomic E-state index is 12.3. The van der Waals surface area contributed by atoms with Gasteiger partial charge in [-0.3, -0.25) is 5.10 Å². The fourth-order valence-electron chi connectivity index (χ4n) is 1.74. The Morgan fingerprint density at radius 1 is 1.30 bits per heavy atom. The number of nitrogens with zero attached hydrogens (tertiary/aromatic N) is 1. The van der Waals surface area contributed by atoms with Gasteiger partial charge in [0.2, 0.25) is 0 Å². The van der Waals surface area contributed by atoms with Crippen molar-refractivity contribution in [2.45, 2.75) is 52.6 Å². The molecule has 3 N–H and O–H groups in total. The number of rotatable bonds is 7. The van der Waals surface area contributed by atoms with E-state index in [2.05, 4.69) is 41.0 Å². The number of aryl methyl sites for hydroxylation is 1. The first-order valence-corrected chi connectivity index (χ1v) is 8.40. The molecule has 1 aromatic rings. The van der Waals surface area contributed by atoms with Gasteiger partial charge in [-0.2, -0.15) is 5.10 Å². The predicted octanol–water partition coefficient (Wildman–Crippen LogP) is 1.54. The van der Waals surface area contributed by atoms with Crippen molar-refractivity contribution >= 4 is 10.0 Å². The summed E-state index contributed by atoms with van der Waals surface area (Å²) < 4.78 is 27.2. The van der Waals surface area contributed by atoms with Crippen LogP contribution >= 0.6 is 0 Å². The van der Waals surface area contributed by atoms with E-state index in [1.165, 1.54) is 0 Å². The van der Waals surface area contributed by atoms with E-state index < -0.39 is 10.0 Å². The molecule has 0 atom stereocenters. The highest BCUT2D eigenvalue weighted by molar-refractivity contribution is 7.89. The number of aromatic amines is 1. The summed E-state index contributed by atoms with van der Waals surface area (Å²) in [4.78, 5) is 0. The topological polar surface area (TPSA) is 86.9 Å². The number of nitrogens with one attached hydrogen (secondary N) is 3. The summed E-state index contributed by atoms with van der Waals surface area (Å²) in [5, 5.41) is 9.92. The van der Waals surface area contributed by atoms with Gasteiger partial charge in [-0.25, -0.2) is 13.1 Å². The molecule has 0 aliphatic rings. The first kappa shape index (κ1) is 17.1. The Bertz CT molecular complexity index is 529. The summed E-state index contributed by atoms with van der Waals surface area (Å²) >= 11 is 0. The van der Waals surface area contributed by atoms with Gasteiger partial charge in [0.15, 0.2) is 5.03 Å². The molecule has 0 spiro atoms. The second kappa shape index (κ2) is 6.69. The van der Waals surface area contributed by atoms with Crippen molar-refractivity contribution in [1.82, 2.24) is 20.2 Å². The lowest BCUT2D eigenvalue weighted by Crippen LogP contribution is -2.29. The first-order chi connectivity index (χ1) is 9.17. The maximum atomic E-state index is 12.3. The lowest BCUT2D eigenvalue weighted by molar-refractivity contribution is 0.378. The van der Waals surface area contributed by atoms with Gasteiger partial charge in [0.25, 0.3) is 10.0 Å². The molecule has 0 fully saturated rings. The molecule has 0 saturated heterocycles. The molecule has 1 heterocycles. The molecule has 0 aliphatic carbocycles. The molecule has 0 radical (unpaired) electrons. The van der Waals surface area contributed by atoms with Crippen LogP contribution < -0.4 is 10.0 Å². The van der Waals surface area contributed by atoms with Crippen LogP contribution in [-0.2, 0) is 16.6 Å². The Kier molecular flexibility index (Phi) is 5.73. The van der Waals surface area contributed by atoms with Crippen molar-refractivity contribution in [1.29, 1.82) is 0 Å². The van der Waals surface area contributed by atoms with Crippen molar-refractivity contribution in [2.24, 2.45) is 5.41 Å². The third-order valence-electron chi connectivity index (χ3n) is 3.01. The van der Waals surface area contributed by atoms with Crippen LogP contribution in [0.5, 0.6) is 0 Å². The zero-order chi connectivity index (χ0) is 15.4. The second-order valence-corrected chi connectivity index (χ2v) is 7.80. The second-order valence-electron chi connectivity index (χ2n) is 6.12. The molecule has 7 heteroatoms. The lowest BCUT2D eigenvalue weighted by Gasteiger charge is -2.17. The van der Waals surface area contributed by atoms with Crippen LogP contribution in [0.4, 0.5) is 0 Å². The average Bonchev–Trinajstić information content (AvgIpc) is 2.66. The van der Waals surface area contributed by atoms with E-state index in [-0.39, 0.29) is 10.4 Å². The highest BCUT2D eigenvalue weighted by atomic mass is 32.2. The summed E-state index contributed by atoms with van der Waals surface area (Å²) in [6.07, 6.45) is 0.776. The standard InChI is InChI=1S/C13H26N4O2S/c1-6-14-9-11-10(2)16-17-12(11)20(18,19)15-8-7-13(3,4)5/h14-15H,6-9H2,1-5H3,(H,16,17). The van der Waals surface area contributed by atoms with Crippen molar-refractivity contribution in [3.8, 4) is 0 Å². The van der Waals surface area contributed by atoms with Gasteiger partial charge in [-0.1, -0.05) is 27.7 Å².